The first-order valence-electron chi connectivity index (χ1n) is 7.53. The van der Waals surface area contributed by atoms with E-state index in [9.17, 15) is 4.79 Å². The molecular weight excluding hydrogens is 268 g/mol. The summed E-state index contributed by atoms with van der Waals surface area (Å²) in [6.07, 6.45) is 2.16. The molecule has 1 aliphatic heterocycles. The maximum Gasteiger partial charge on any atom is 0.250 e. The Hall–Kier alpha value is -1.59. The number of benzene rings is 1. The number of para-hydroxylation sites is 2. The summed E-state index contributed by atoms with van der Waals surface area (Å²) in [5.41, 5.74) is 0.685. The number of ether oxygens (including phenoxy) is 2. The van der Waals surface area contributed by atoms with Crippen molar-refractivity contribution in [3.63, 3.8) is 0 Å². The van der Waals surface area contributed by atoms with Crippen molar-refractivity contribution in [2.24, 2.45) is 0 Å². The maximum atomic E-state index is 12.0. The molecule has 1 amide bonds. The van der Waals surface area contributed by atoms with Crippen molar-refractivity contribution in [3.05, 3.63) is 24.3 Å². The fourth-order valence-electron chi connectivity index (χ4n) is 2.27. The van der Waals surface area contributed by atoms with E-state index in [1.165, 1.54) is 0 Å². The normalized spacial score (nSPS) is 16.0. The van der Waals surface area contributed by atoms with Gasteiger partial charge in [-0.3, -0.25) is 4.79 Å². The van der Waals surface area contributed by atoms with Crippen molar-refractivity contribution in [2.75, 3.05) is 25.0 Å². The fraction of sp³-hybridized carbons (Fsp3) is 0.562. The number of carbonyl (C=O) groups is 1. The van der Waals surface area contributed by atoms with Crippen LogP contribution in [0.5, 0.6) is 5.75 Å². The molecular formula is C16H24N2O3. The zero-order chi connectivity index (χ0) is 15.1. The molecule has 0 unspecified atom stereocenters. The smallest absolute Gasteiger partial charge is 0.250 e. The molecule has 1 heterocycles. The van der Waals surface area contributed by atoms with Gasteiger partial charge in [-0.15, -0.1) is 0 Å². The minimum absolute atomic E-state index is 0.0639. The first-order chi connectivity index (χ1) is 10.1. The Kier molecular flexibility index (Phi) is 6.02. The molecule has 2 rings (SSSR count). The van der Waals surface area contributed by atoms with Crippen molar-refractivity contribution < 1.29 is 14.3 Å². The quantitative estimate of drug-likeness (QED) is 0.844. The molecule has 5 nitrogen and oxygen atoms in total. The first-order valence-corrected chi connectivity index (χ1v) is 7.53. The predicted molar refractivity (Wildman–Crippen MR) is 82.7 cm³/mol. The van der Waals surface area contributed by atoms with Gasteiger partial charge >= 0.3 is 0 Å². The summed E-state index contributed by atoms with van der Waals surface area (Å²) < 4.78 is 11.3. The number of carbonyl (C=O) groups excluding carboxylic acids is 1. The van der Waals surface area contributed by atoms with Crippen LogP contribution < -0.4 is 15.4 Å². The average molecular weight is 292 g/mol. The molecule has 116 valence electrons. The topological polar surface area (TPSA) is 59.6 Å². The van der Waals surface area contributed by atoms with Gasteiger partial charge in [0.1, 0.15) is 12.4 Å². The molecule has 21 heavy (non-hydrogen) atoms. The Bertz CT molecular complexity index is 457. The molecule has 1 saturated heterocycles. The number of piperidine rings is 1. The number of nitrogens with one attached hydrogen (secondary N) is 2. The number of amides is 1. The van der Waals surface area contributed by atoms with E-state index >= 15 is 0 Å². The SMILES string of the molecule is CC(C)Oc1ccccc1NC(=O)COC1CCNCC1. The van der Waals surface area contributed by atoms with Crippen LogP contribution in [0.1, 0.15) is 26.7 Å². The summed E-state index contributed by atoms with van der Waals surface area (Å²) in [7, 11) is 0. The molecule has 0 aromatic heterocycles. The van der Waals surface area contributed by atoms with Crippen LogP contribution in [0.15, 0.2) is 24.3 Å². The Labute approximate surface area is 126 Å². The Morgan fingerprint density at radius 1 is 1.33 bits per heavy atom. The van der Waals surface area contributed by atoms with Crippen molar-refractivity contribution >= 4 is 11.6 Å². The van der Waals surface area contributed by atoms with E-state index in [0.29, 0.717) is 11.4 Å². The average Bonchev–Trinajstić information content (AvgIpc) is 2.48. The molecule has 1 aliphatic rings. The highest BCUT2D eigenvalue weighted by Crippen LogP contribution is 2.24. The number of hydrogen-bond donors (Lipinski definition) is 2. The van der Waals surface area contributed by atoms with Crippen molar-refractivity contribution in [2.45, 2.75) is 38.9 Å². The Balaban J connectivity index is 1.84. The zero-order valence-corrected chi connectivity index (χ0v) is 12.7. The third kappa shape index (κ3) is 5.36. The molecule has 1 aromatic rings. The molecule has 0 spiro atoms. The fourth-order valence-corrected chi connectivity index (χ4v) is 2.27. The third-order valence-electron chi connectivity index (χ3n) is 3.26. The number of rotatable bonds is 6. The molecule has 0 aliphatic carbocycles. The van der Waals surface area contributed by atoms with Crippen LogP contribution in [0.25, 0.3) is 0 Å². The second-order valence-corrected chi connectivity index (χ2v) is 5.47. The van der Waals surface area contributed by atoms with Gasteiger partial charge in [-0.1, -0.05) is 12.1 Å². The summed E-state index contributed by atoms with van der Waals surface area (Å²) in [6.45, 7) is 5.91. The Morgan fingerprint density at radius 3 is 2.76 bits per heavy atom. The van der Waals surface area contributed by atoms with E-state index in [0.717, 1.165) is 25.9 Å². The van der Waals surface area contributed by atoms with Gasteiger partial charge in [-0.05, 0) is 51.9 Å². The van der Waals surface area contributed by atoms with Crippen molar-refractivity contribution in [3.8, 4) is 5.75 Å². The lowest BCUT2D eigenvalue weighted by Gasteiger charge is -2.22. The Morgan fingerprint density at radius 2 is 2.05 bits per heavy atom. The highest BCUT2D eigenvalue weighted by atomic mass is 16.5. The van der Waals surface area contributed by atoms with Gasteiger partial charge in [-0.2, -0.15) is 0 Å². The predicted octanol–water partition coefficient (Wildman–Crippen LogP) is 2.18. The molecule has 0 bridgehead atoms. The van der Waals surface area contributed by atoms with E-state index in [2.05, 4.69) is 10.6 Å². The highest BCUT2D eigenvalue weighted by Gasteiger charge is 2.15. The molecule has 1 fully saturated rings. The summed E-state index contributed by atoms with van der Waals surface area (Å²) in [4.78, 5) is 12.0. The highest BCUT2D eigenvalue weighted by molar-refractivity contribution is 5.93. The van der Waals surface area contributed by atoms with Crippen LogP contribution in [0.4, 0.5) is 5.69 Å². The van der Waals surface area contributed by atoms with Crippen LogP contribution in [-0.4, -0.2) is 37.8 Å². The van der Waals surface area contributed by atoms with E-state index in [1.807, 2.05) is 38.1 Å². The molecule has 0 saturated carbocycles. The monoisotopic (exact) mass is 292 g/mol. The second kappa shape index (κ2) is 8.00. The lowest BCUT2D eigenvalue weighted by Crippen LogP contribution is -2.34. The van der Waals surface area contributed by atoms with Gasteiger partial charge in [0.25, 0.3) is 0 Å². The van der Waals surface area contributed by atoms with E-state index < -0.39 is 0 Å². The first kappa shape index (κ1) is 15.8. The minimum Gasteiger partial charge on any atom is -0.489 e. The van der Waals surface area contributed by atoms with Crippen LogP contribution in [-0.2, 0) is 9.53 Å². The third-order valence-corrected chi connectivity index (χ3v) is 3.26. The van der Waals surface area contributed by atoms with Gasteiger partial charge in [0.05, 0.1) is 17.9 Å². The molecule has 1 aromatic carbocycles. The standard InChI is InChI=1S/C16H24N2O3/c1-12(2)21-15-6-4-3-5-14(15)18-16(19)11-20-13-7-9-17-10-8-13/h3-6,12-13,17H,7-11H2,1-2H3,(H,18,19). The van der Waals surface area contributed by atoms with Gasteiger partial charge in [0, 0.05) is 0 Å². The van der Waals surface area contributed by atoms with Gasteiger partial charge in [0.15, 0.2) is 0 Å². The summed E-state index contributed by atoms with van der Waals surface area (Å²) in [5, 5.41) is 6.12. The van der Waals surface area contributed by atoms with Gasteiger partial charge in [0.2, 0.25) is 5.91 Å². The van der Waals surface area contributed by atoms with Gasteiger partial charge in [-0.25, -0.2) is 0 Å². The molecule has 2 N–H and O–H groups in total. The summed E-state index contributed by atoms with van der Waals surface area (Å²) in [6, 6.07) is 7.44. The second-order valence-electron chi connectivity index (χ2n) is 5.47. The van der Waals surface area contributed by atoms with Crippen LogP contribution in [0.3, 0.4) is 0 Å². The van der Waals surface area contributed by atoms with Crippen molar-refractivity contribution in [1.29, 1.82) is 0 Å². The number of hydrogen-bond acceptors (Lipinski definition) is 4. The largest absolute Gasteiger partial charge is 0.489 e. The summed E-state index contributed by atoms with van der Waals surface area (Å²) >= 11 is 0. The minimum atomic E-state index is -0.145. The maximum absolute atomic E-state index is 12.0. The molecule has 0 radical (unpaired) electrons. The van der Waals surface area contributed by atoms with Gasteiger partial charge < -0.3 is 20.1 Å². The lowest BCUT2D eigenvalue weighted by molar-refractivity contribution is -0.123. The number of anilines is 1. The lowest BCUT2D eigenvalue weighted by atomic mass is 10.1. The van der Waals surface area contributed by atoms with Crippen molar-refractivity contribution in [1.82, 2.24) is 5.32 Å². The zero-order valence-electron chi connectivity index (χ0n) is 12.7. The molecule has 5 heteroatoms. The van der Waals surface area contributed by atoms with E-state index in [1.54, 1.807) is 0 Å². The summed E-state index contributed by atoms with van der Waals surface area (Å²) in [5.74, 6) is 0.538. The van der Waals surface area contributed by atoms with E-state index in [4.69, 9.17) is 9.47 Å². The van der Waals surface area contributed by atoms with Crippen LogP contribution in [0, 0.1) is 0 Å². The van der Waals surface area contributed by atoms with Crippen LogP contribution >= 0.6 is 0 Å². The van der Waals surface area contributed by atoms with Crippen LogP contribution in [0.2, 0.25) is 0 Å². The van der Waals surface area contributed by atoms with E-state index in [-0.39, 0.29) is 24.7 Å². The molecule has 0 atom stereocenters.